The van der Waals surface area contributed by atoms with Crippen molar-refractivity contribution in [1.29, 1.82) is 0 Å². The first-order chi connectivity index (χ1) is 10.7. The number of ether oxygens (including phenoxy) is 1. The van der Waals surface area contributed by atoms with Gasteiger partial charge in [0.2, 0.25) is 10.0 Å². The summed E-state index contributed by atoms with van der Waals surface area (Å²) in [6.07, 6.45) is 4.23. The molecule has 0 aromatic heterocycles. The highest BCUT2D eigenvalue weighted by molar-refractivity contribution is 7.89. The van der Waals surface area contributed by atoms with Crippen LogP contribution in [-0.4, -0.2) is 51.7 Å². The first kappa shape index (κ1) is 15.9. The molecule has 122 valence electrons. The Morgan fingerprint density at radius 3 is 2.45 bits per heavy atom. The molecule has 1 aromatic carbocycles. The number of nitrogens with zero attached hydrogens (tertiary/aromatic N) is 1. The van der Waals surface area contributed by atoms with E-state index in [1.807, 2.05) is 6.07 Å². The zero-order valence-electron chi connectivity index (χ0n) is 12.8. The third-order valence-corrected chi connectivity index (χ3v) is 6.11. The lowest BCUT2D eigenvalue weighted by Crippen LogP contribution is -2.55. The molecule has 2 aliphatic rings. The van der Waals surface area contributed by atoms with Crippen LogP contribution in [0.2, 0.25) is 0 Å². The topological polar surface area (TPSA) is 58.6 Å². The highest BCUT2D eigenvalue weighted by Gasteiger charge is 2.33. The standard InChI is InChI=1S/C16H24N2O3S/c19-22(20,14-6-2-1-3-7-14)17-15-8-4-5-9-16(15)18-10-12-21-13-11-18/h1-3,6-7,15-17H,4-5,8-13H2. The second-order valence-corrected chi connectivity index (χ2v) is 7.75. The highest BCUT2D eigenvalue weighted by atomic mass is 32.2. The molecule has 3 rings (SSSR count). The van der Waals surface area contributed by atoms with E-state index in [1.54, 1.807) is 24.3 Å². The summed E-state index contributed by atoms with van der Waals surface area (Å²) in [4.78, 5) is 2.74. The molecule has 1 aliphatic heterocycles. The summed E-state index contributed by atoms with van der Waals surface area (Å²) >= 11 is 0. The molecule has 0 bridgehead atoms. The van der Waals surface area contributed by atoms with E-state index in [0.29, 0.717) is 4.90 Å². The van der Waals surface area contributed by atoms with Gasteiger partial charge in [-0.15, -0.1) is 0 Å². The third-order valence-electron chi connectivity index (χ3n) is 4.60. The van der Waals surface area contributed by atoms with E-state index >= 15 is 0 Å². The van der Waals surface area contributed by atoms with Gasteiger partial charge in [-0.1, -0.05) is 31.0 Å². The number of morpholine rings is 1. The Kier molecular flexibility index (Phi) is 5.13. The molecule has 1 heterocycles. The van der Waals surface area contributed by atoms with Crippen LogP contribution < -0.4 is 4.72 Å². The van der Waals surface area contributed by atoms with E-state index in [0.717, 1.165) is 45.6 Å². The van der Waals surface area contributed by atoms with Crippen molar-refractivity contribution in [1.82, 2.24) is 9.62 Å². The van der Waals surface area contributed by atoms with Crippen LogP contribution in [0.5, 0.6) is 0 Å². The maximum Gasteiger partial charge on any atom is 0.240 e. The average molecular weight is 324 g/mol. The molecule has 0 amide bonds. The van der Waals surface area contributed by atoms with Gasteiger partial charge in [0.15, 0.2) is 0 Å². The van der Waals surface area contributed by atoms with Crippen molar-refractivity contribution in [3.05, 3.63) is 30.3 Å². The number of hydrogen-bond donors (Lipinski definition) is 1. The van der Waals surface area contributed by atoms with E-state index in [1.165, 1.54) is 6.42 Å². The van der Waals surface area contributed by atoms with Crippen molar-refractivity contribution >= 4 is 10.0 Å². The fourth-order valence-corrected chi connectivity index (χ4v) is 4.79. The lowest BCUT2D eigenvalue weighted by molar-refractivity contribution is 0.00211. The van der Waals surface area contributed by atoms with Gasteiger partial charge in [0.1, 0.15) is 0 Å². The Balaban J connectivity index is 1.73. The highest BCUT2D eigenvalue weighted by Crippen LogP contribution is 2.25. The maximum absolute atomic E-state index is 12.6. The van der Waals surface area contributed by atoms with Gasteiger partial charge < -0.3 is 4.74 Å². The van der Waals surface area contributed by atoms with Gasteiger partial charge in [-0.25, -0.2) is 13.1 Å². The first-order valence-electron chi connectivity index (χ1n) is 8.06. The lowest BCUT2D eigenvalue weighted by Gasteiger charge is -2.41. The summed E-state index contributed by atoms with van der Waals surface area (Å²) in [7, 11) is -3.44. The fourth-order valence-electron chi connectivity index (χ4n) is 3.46. The van der Waals surface area contributed by atoms with Crippen LogP contribution in [0.4, 0.5) is 0 Å². The quantitative estimate of drug-likeness (QED) is 0.914. The van der Waals surface area contributed by atoms with Crippen LogP contribution in [0, 0.1) is 0 Å². The third kappa shape index (κ3) is 3.68. The maximum atomic E-state index is 12.6. The number of rotatable bonds is 4. The van der Waals surface area contributed by atoms with Crippen molar-refractivity contribution in [2.75, 3.05) is 26.3 Å². The summed E-state index contributed by atoms with van der Waals surface area (Å²) in [6.45, 7) is 3.28. The fraction of sp³-hybridized carbons (Fsp3) is 0.625. The molecule has 1 aromatic rings. The second kappa shape index (κ2) is 7.08. The van der Waals surface area contributed by atoms with Gasteiger partial charge in [-0.2, -0.15) is 0 Å². The van der Waals surface area contributed by atoms with Crippen molar-refractivity contribution in [3.63, 3.8) is 0 Å². The van der Waals surface area contributed by atoms with Gasteiger partial charge in [0, 0.05) is 25.2 Å². The zero-order valence-corrected chi connectivity index (χ0v) is 13.6. The minimum Gasteiger partial charge on any atom is -0.379 e. The molecular weight excluding hydrogens is 300 g/mol. The summed E-state index contributed by atoms with van der Waals surface area (Å²) in [5.74, 6) is 0. The van der Waals surface area contributed by atoms with Crippen LogP contribution in [0.15, 0.2) is 35.2 Å². The molecule has 0 radical (unpaired) electrons. The largest absolute Gasteiger partial charge is 0.379 e. The Morgan fingerprint density at radius 2 is 1.73 bits per heavy atom. The van der Waals surface area contributed by atoms with Gasteiger partial charge in [-0.05, 0) is 25.0 Å². The molecule has 2 unspecified atom stereocenters. The SMILES string of the molecule is O=S(=O)(NC1CCCCC1N1CCOCC1)c1ccccc1. The first-order valence-corrected chi connectivity index (χ1v) is 9.54. The van der Waals surface area contributed by atoms with Crippen LogP contribution >= 0.6 is 0 Å². The van der Waals surface area contributed by atoms with E-state index in [-0.39, 0.29) is 12.1 Å². The van der Waals surface area contributed by atoms with Crippen LogP contribution in [0.1, 0.15) is 25.7 Å². The molecule has 1 aliphatic carbocycles. The molecule has 1 saturated heterocycles. The predicted molar refractivity (Wildman–Crippen MR) is 85.2 cm³/mol. The molecule has 1 saturated carbocycles. The monoisotopic (exact) mass is 324 g/mol. The number of hydrogen-bond acceptors (Lipinski definition) is 4. The number of sulfonamides is 1. The zero-order chi connectivity index (χ0) is 15.4. The summed E-state index contributed by atoms with van der Waals surface area (Å²) in [6, 6.07) is 8.93. The molecule has 2 fully saturated rings. The minimum atomic E-state index is -3.44. The smallest absolute Gasteiger partial charge is 0.240 e. The molecule has 2 atom stereocenters. The van der Waals surface area contributed by atoms with Crippen LogP contribution in [-0.2, 0) is 14.8 Å². The summed E-state index contributed by atoms with van der Waals surface area (Å²) < 4.78 is 33.5. The molecule has 0 spiro atoms. The Hall–Kier alpha value is -0.950. The van der Waals surface area contributed by atoms with Gasteiger partial charge >= 0.3 is 0 Å². The minimum absolute atomic E-state index is 0.00273. The number of benzene rings is 1. The number of nitrogens with one attached hydrogen (secondary N) is 1. The molecule has 22 heavy (non-hydrogen) atoms. The Labute approximate surface area is 132 Å². The Morgan fingerprint density at radius 1 is 1.05 bits per heavy atom. The van der Waals surface area contributed by atoms with Gasteiger partial charge in [-0.3, -0.25) is 4.90 Å². The van der Waals surface area contributed by atoms with Gasteiger partial charge in [0.25, 0.3) is 0 Å². The summed E-state index contributed by atoms with van der Waals surface area (Å²) in [5, 5.41) is 0. The second-order valence-electron chi connectivity index (χ2n) is 6.04. The molecule has 1 N–H and O–H groups in total. The molecular formula is C16H24N2O3S. The van der Waals surface area contributed by atoms with Gasteiger partial charge in [0.05, 0.1) is 18.1 Å². The van der Waals surface area contributed by atoms with E-state index in [2.05, 4.69) is 9.62 Å². The van der Waals surface area contributed by atoms with Crippen LogP contribution in [0.25, 0.3) is 0 Å². The van der Waals surface area contributed by atoms with Crippen molar-refractivity contribution in [2.24, 2.45) is 0 Å². The van der Waals surface area contributed by atoms with E-state index in [9.17, 15) is 8.42 Å². The lowest BCUT2D eigenvalue weighted by atomic mass is 9.89. The molecule has 6 heteroatoms. The Bertz CT molecular complexity index is 570. The van der Waals surface area contributed by atoms with E-state index in [4.69, 9.17) is 4.74 Å². The van der Waals surface area contributed by atoms with E-state index < -0.39 is 10.0 Å². The van der Waals surface area contributed by atoms with Crippen LogP contribution in [0.3, 0.4) is 0 Å². The molecule has 5 nitrogen and oxygen atoms in total. The van der Waals surface area contributed by atoms with Crippen molar-refractivity contribution in [2.45, 2.75) is 42.7 Å². The van der Waals surface area contributed by atoms with Crippen molar-refractivity contribution in [3.8, 4) is 0 Å². The predicted octanol–water partition coefficient (Wildman–Crippen LogP) is 1.61. The average Bonchev–Trinajstić information content (AvgIpc) is 2.57. The normalized spacial score (nSPS) is 27.6. The van der Waals surface area contributed by atoms with Crippen molar-refractivity contribution < 1.29 is 13.2 Å². The summed E-state index contributed by atoms with van der Waals surface area (Å²) in [5.41, 5.74) is 0.